The molecule has 4 aromatic rings. The van der Waals surface area contributed by atoms with Crippen LogP contribution in [0.15, 0.2) is 102 Å². The number of carbonyl (C=O) groups is 1. The Morgan fingerprint density at radius 1 is 0.939 bits per heavy atom. The Balaban J connectivity index is 1.61. The van der Waals surface area contributed by atoms with E-state index in [0.29, 0.717) is 16.3 Å². The van der Waals surface area contributed by atoms with E-state index in [9.17, 15) is 10.1 Å². The molecule has 1 amide bonds. The molecule has 1 heterocycles. The van der Waals surface area contributed by atoms with Crippen molar-refractivity contribution >= 4 is 28.3 Å². The first-order valence-electron chi connectivity index (χ1n) is 10.6. The number of amides is 1. The van der Waals surface area contributed by atoms with Crippen LogP contribution in [0.5, 0.6) is 5.75 Å². The monoisotopic (exact) mass is 450 g/mol. The van der Waals surface area contributed by atoms with Crippen LogP contribution in [0.3, 0.4) is 0 Å². The Morgan fingerprint density at radius 2 is 1.67 bits per heavy atom. The largest absolute Gasteiger partial charge is 0.439 e. The number of ether oxygens (including phenoxy) is 1. The van der Waals surface area contributed by atoms with Crippen LogP contribution in [0, 0.1) is 11.3 Å². The Hall–Kier alpha value is -4.07. The van der Waals surface area contributed by atoms with Gasteiger partial charge in [0.05, 0.1) is 12.3 Å². The van der Waals surface area contributed by atoms with Gasteiger partial charge in [-0.1, -0.05) is 90.5 Å². The topological polar surface area (TPSA) is 62.1 Å². The number of hydrogen-bond donors (Lipinski definition) is 1. The average molecular weight is 451 g/mol. The van der Waals surface area contributed by atoms with Gasteiger partial charge in [-0.05, 0) is 28.6 Å². The number of fused-ring (bicyclic) bond motifs is 3. The van der Waals surface area contributed by atoms with Gasteiger partial charge in [-0.2, -0.15) is 5.26 Å². The fraction of sp³-hybridized carbons (Fsp3) is 0.0714. The minimum Gasteiger partial charge on any atom is -0.439 e. The zero-order chi connectivity index (χ0) is 22.8. The Kier molecular flexibility index (Phi) is 5.56. The van der Waals surface area contributed by atoms with E-state index in [-0.39, 0.29) is 18.2 Å². The molecule has 4 aromatic carbocycles. The molecule has 33 heavy (non-hydrogen) atoms. The molecule has 1 aliphatic rings. The molecule has 0 saturated carbocycles. The van der Waals surface area contributed by atoms with Crippen molar-refractivity contribution in [3.8, 4) is 11.8 Å². The second-order valence-electron chi connectivity index (χ2n) is 7.86. The van der Waals surface area contributed by atoms with Crippen molar-refractivity contribution in [3.05, 3.63) is 124 Å². The van der Waals surface area contributed by atoms with Gasteiger partial charge in [-0.3, -0.25) is 10.1 Å². The number of allylic oxidation sites excluding steroid dienone is 1. The Morgan fingerprint density at radius 3 is 2.42 bits per heavy atom. The highest BCUT2D eigenvalue weighted by atomic mass is 35.5. The molecular formula is C28H19ClN2O2. The predicted octanol–water partition coefficient (Wildman–Crippen LogP) is 6.11. The first-order valence-corrected chi connectivity index (χ1v) is 10.9. The summed E-state index contributed by atoms with van der Waals surface area (Å²) < 4.78 is 6.23. The minimum atomic E-state index is -0.396. The third-order valence-corrected chi connectivity index (χ3v) is 5.99. The molecule has 1 aliphatic heterocycles. The lowest BCUT2D eigenvalue weighted by molar-refractivity contribution is -0.120. The summed E-state index contributed by atoms with van der Waals surface area (Å²) in [7, 11) is 0. The lowest BCUT2D eigenvalue weighted by atomic mass is 9.82. The SMILES string of the molecule is N#CC1=C(NC(=O)Cc2ccccc2)Oc2c(ccc3ccccc23)C1c1ccc(Cl)cc1. The zero-order valence-electron chi connectivity index (χ0n) is 17.6. The molecule has 5 rings (SSSR count). The highest BCUT2D eigenvalue weighted by Crippen LogP contribution is 2.45. The first-order chi connectivity index (χ1) is 16.1. The maximum atomic E-state index is 12.9. The number of nitrogens with zero attached hydrogens (tertiary/aromatic N) is 1. The van der Waals surface area contributed by atoms with E-state index in [1.54, 1.807) is 12.1 Å². The van der Waals surface area contributed by atoms with Gasteiger partial charge >= 0.3 is 0 Å². The van der Waals surface area contributed by atoms with Crippen LogP contribution in [-0.2, 0) is 11.2 Å². The molecule has 4 nitrogen and oxygen atoms in total. The van der Waals surface area contributed by atoms with E-state index in [1.165, 1.54) is 0 Å². The molecule has 0 saturated heterocycles. The van der Waals surface area contributed by atoms with Gasteiger partial charge in [0.1, 0.15) is 17.4 Å². The van der Waals surface area contributed by atoms with Gasteiger partial charge in [-0.25, -0.2) is 0 Å². The average Bonchev–Trinajstić information content (AvgIpc) is 2.84. The van der Waals surface area contributed by atoms with Crippen molar-refractivity contribution in [2.45, 2.75) is 12.3 Å². The maximum absolute atomic E-state index is 12.9. The van der Waals surface area contributed by atoms with E-state index in [4.69, 9.17) is 16.3 Å². The van der Waals surface area contributed by atoms with Crippen LogP contribution >= 0.6 is 11.6 Å². The summed E-state index contributed by atoms with van der Waals surface area (Å²) in [5, 5.41) is 15.5. The number of benzene rings is 4. The number of nitriles is 1. The fourth-order valence-electron chi connectivity index (χ4n) is 4.21. The summed E-state index contributed by atoms with van der Waals surface area (Å²) in [6.45, 7) is 0. The zero-order valence-corrected chi connectivity index (χ0v) is 18.3. The normalized spacial score (nSPS) is 14.8. The Labute approximate surface area is 196 Å². The quantitative estimate of drug-likeness (QED) is 0.408. The van der Waals surface area contributed by atoms with Crippen molar-refractivity contribution in [3.63, 3.8) is 0 Å². The summed E-state index contributed by atoms with van der Waals surface area (Å²) in [6.07, 6.45) is 0.181. The summed E-state index contributed by atoms with van der Waals surface area (Å²) in [6, 6.07) is 31.0. The van der Waals surface area contributed by atoms with Gasteiger partial charge in [0, 0.05) is 16.0 Å². The molecule has 0 spiro atoms. The van der Waals surface area contributed by atoms with Crippen LogP contribution in [0.25, 0.3) is 10.8 Å². The number of halogens is 1. The second-order valence-corrected chi connectivity index (χ2v) is 8.29. The standard InChI is InChI=1S/C28H19ClN2O2/c29-21-13-10-20(11-14-21)26-23-15-12-19-8-4-5-9-22(19)27(23)33-28(24(26)17-30)31-25(32)16-18-6-2-1-3-7-18/h1-15,26H,16H2,(H,31,32). The number of rotatable bonds is 4. The minimum absolute atomic E-state index is 0.169. The van der Waals surface area contributed by atoms with Crippen molar-refractivity contribution in [2.75, 3.05) is 0 Å². The van der Waals surface area contributed by atoms with E-state index in [0.717, 1.165) is 27.5 Å². The molecule has 1 N–H and O–H groups in total. The van der Waals surface area contributed by atoms with E-state index in [1.807, 2.05) is 78.9 Å². The van der Waals surface area contributed by atoms with Crippen LogP contribution in [0.1, 0.15) is 22.6 Å². The third kappa shape index (κ3) is 4.07. The van der Waals surface area contributed by atoms with E-state index >= 15 is 0 Å². The summed E-state index contributed by atoms with van der Waals surface area (Å²) in [4.78, 5) is 12.9. The summed E-state index contributed by atoms with van der Waals surface area (Å²) >= 11 is 6.12. The molecule has 0 bridgehead atoms. The lowest BCUT2D eigenvalue weighted by Crippen LogP contribution is -2.32. The maximum Gasteiger partial charge on any atom is 0.231 e. The Bertz CT molecular complexity index is 1420. The van der Waals surface area contributed by atoms with Crippen LogP contribution in [0.2, 0.25) is 5.02 Å². The fourth-order valence-corrected chi connectivity index (χ4v) is 4.33. The smallest absolute Gasteiger partial charge is 0.231 e. The molecular weight excluding hydrogens is 432 g/mol. The predicted molar refractivity (Wildman–Crippen MR) is 129 cm³/mol. The molecule has 1 unspecified atom stereocenters. The van der Waals surface area contributed by atoms with Gasteiger partial charge in [0.2, 0.25) is 11.8 Å². The third-order valence-electron chi connectivity index (χ3n) is 5.74. The van der Waals surface area contributed by atoms with Crippen LogP contribution < -0.4 is 10.1 Å². The van der Waals surface area contributed by atoms with Crippen molar-refractivity contribution in [1.82, 2.24) is 5.32 Å². The number of hydrogen-bond acceptors (Lipinski definition) is 3. The van der Waals surface area contributed by atoms with Gasteiger partial charge < -0.3 is 4.74 Å². The lowest BCUT2D eigenvalue weighted by Gasteiger charge is -2.29. The molecule has 0 aliphatic carbocycles. The highest BCUT2D eigenvalue weighted by molar-refractivity contribution is 6.30. The first kappa shape index (κ1) is 20.8. The molecule has 0 radical (unpaired) electrons. The number of carbonyl (C=O) groups excluding carboxylic acids is 1. The van der Waals surface area contributed by atoms with Crippen LogP contribution in [-0.4, -0.2) is 5.91 Å². The van der Waals surface area contributed by atoms with Crippen molar-refractivity contribution < 1.29 is 9.53 Å². The molecule has 0 aromatic heterocycles. The van der Waals surface area contributed by atoms with Crippen LogP contribution in [0.4, 0.5) is 0 Å². The number of nitrogens with one attached hydrogen (secondary N) is 1. The van der Waals surface area contributed by atoms with Gasteiger partial charge in [-0.15, -0.1) is 0 Å². The molecule has 1 atom stereocenters. The van der Waals surface area contributed by atoms with Gasteiger partial charge in [0.15, 0.2) is 0 Å². The van der Waals surface area contributed by atoms with Crippen molar-refractivity contribution in [2.24, 2.45) is 0 Å². The summed E-state index contributed by atoms with van der Waals surface area (Å²) in [5.41, 5.74) is 2.99. The van der Waals surface area contributed by atoms with Gasteiger partial charge in [0.25, 0.3) is 0 Å². The second kappa shape index (κ2) is 8.82. The highest BCUT2D eigenvalue weighted by Gasteiger charge is 2.33. The molecule has 160 valence electrons. The van der Waals surface area contributed by atoms with E-state index in [2.05, 4.69) is 11.4 Å². The molecule has 0 fully saturated rings. The summed E-state index contributed by atoms with van der Waals surface area (Å²) in [5.74, 6) is 0.166. The molecule has 5 heteroatoms. The van der Waals surface area contributed by atoms with E-state index < -0.39 is 5.92 Å². The van der Waals surface area contributed by atoms with Crippen molar-refractivity contribution in [1.29, 1.82) is 5.26 Å².